The quantitative estimate of drug-likeness (QED) is 0.714. The molecule has 1 saturated carbocycles. The zero-order valence-corrected chi connectivity index (χ0v) is 14.2. The van der Waals surface area contributed by atoms with E-state index in [0.717, 1.165) is 31.2 Å². The van der Waals surface area contributed by atoms with Crippen molar-refractivity contribution in [2.24, 2.45) is 5.73 Å². The van der Waals surface area contributed by atoms with Crippen molar-refractivity contribution in [3.05, 3.63) is 34.9 Å². The first kappa shape index (κ1) is 17.6. The van der Waals surface area contributed by atoms with Crippen molar-refractivity contribution < 1.29 is 9.59 Å². The number of primary amides is 1. The van der Waals surface area contributed by atoms with Gasteiger partial charge in [-0.1, -0.05) is 23.7 Å². The van der Waals surface area contributed by atoms with Gasteiger partial charge in [0.2, 0.25) is 5.91 Å². The van der Waals surface area contributed by atoms with Crippen LogP contribution in [0.25, 0.3) is 0 Å². The van der Waals surface area contributed by atoms with Crippen LogP contribution in [0.15, 0.2) is 24.3 Å². The SMILES string of the molecule is CC(c1ccc(Cl)cc1)N(C(=O)CCCCNC(N)=O)C1CC1. The Kier molecular flexibility index (Phi) is 6.28. The molecule has 5 nitrogen and oxygen atoms in total. The molecule has 1 atom stereocenters. The van der Waals surface area contributed by atoms with Crippen molar-refractivity contribution in [2.75, 3.05) is 6.54 Å². The molecule has 0 radical (unpaired) electrons. The van der Waals surface area contributed by atoms with E-state index in [1.54, 1.807) is 0 Å². The minimum absolute atomic E-state index is 0.0519. The van der Waals surface area contributed by atoms with Crippen molar-refractivity contribution in [3.8, 4) is 0 Å². The van der Waals surface area contributed by atoms with Crippen LogP contribution in [0.1, 0.15) is 50.6 Å². The third-order valence-electron chi connectivity index (χ3n) is 4.11. The summed E-state index contributed by atoms with van der Waals surface area (Å²) in [5, 5.41) is 3.24. The van der Waals surface area contributed by atoms with Crippen LogP contribution in [0.3, 0.4) is 0 Å². The molecule has 0 saturated heterocycles. The number of nitrogens with one attached hydrogen (secondary N) is 1. The van der Waals surface area contributed by atoms with E-state index < -0.39 is 6.03 Å². The first-order valence-corrected chi connectivity index (χ1v) is 8.46. The van der Waals surface area contributed by atoms with Crippen molar-refractivity contribution in [1.82, 2.24) is 10.2 Å². The van der Waals surface area contributed by atoms with Crippen molar-refractivity contribution in [3.63, 3.8) is 0 Å². The van der Waals surface area contributed by atoms with Gasteiger partial charge in [0.15, 0.2) is 0 Å². The average Bonchev–Trinajstić information content (AvgIpc) is 3.32. The molecule has 6 heteroatoms. The van der Waals surface area contributed by atoms with E-state index in [1.165, 1.54) is 0 Å². The molecule has 0 bridgehead atoms. The second-order valence-corrected chi connectivity index (χ2v) is 6.44. The molecule has 1 aromatic rings. The van der Waals surface area contributed by atoms with E-state index >= 15 is 0 Å². The van der Waals surface area contributed by atoms with Crippen LogP contribution in [0.2, 0.25) is 5.02 Å². The van der Waals surface area contributed by atoms with E-state index in [4.69, 9.17) is 17.3 Å². The number of hydrogen-bond donors (Lipinski definition) is 2. The Morgan fingerprint density at radius 3 is 2.52 bits per heavy atom. The summed E-state index contributed by atoms with van der Waals surface area (Å²) in [6, 6.07) is 7.57. The van der Waals surface area contributed by atoms with Crippen LogP contribution in [0, 0.1) is 0 Å². The molecule has 23 heavy (non-hydrogen) atoms. The molecule has 1 aliphatic carbocycles. The fourth-order valence-corrected chi connectivity index (χ4v) is 2.86. The van der Waals surface area contributed by atoms with Gasteiger partial charge in [-0.25, -0.2) is 4.79 Å². The standard InChI is InChI=1S/C17H24ClN3O2/c1-12(13-5-7-14(18)8-6-13)21(15-9-10-15)16(22)4-2-3-11-20-17(19)23/h5-8,12,15H,2-4,9-11H2,1H3,(H3,19,20,23). The summed E-state index contributed by atoms with van der Waals surface area (Å²) in [6.45, 7) is 2.58. The van der Waals surface area contributed by atoms with Crippen molar-refractivity contribution in [1.29, 1.82) is 0 Å². The fourth-order valence-electron chi connectivity index (χ4n) is 2.73. The summed E-state index contributed by atoms with van der Waals surface area (Å²) in [5.41, 5.74) is 6.11. The van der Waals surface area contributed by atoms with E-state index in [-0.39, 0.29) is 11.9 Å². The van der Waals surface area contributed by atoms with Crippen LogP contribution < -0.4 is 11.1 Å². The molecule has 1 aliphatic rings. The molecule has 3 N–H and O–H groups in total. The summed E-state index contributed by atoms with van der Waals surface area (Å²) in [4.78, 5) is 25.2. The van der Waals surface area contributed by atoms with Crippen LogP contribution in [0.4, 0.5) is 4.79 Å². The van der Waals surface area contributed by atoms with Gasteiger partial charge in [-0.15, -0.1) is 0 Å². The second-order valence-electron chi connectivity index (χ2n) is 6.01. The maximum atomic E-state index is 12.6. The number of carbonyl (C=O) groups is 2. The maximum absolute atomic E-state index is 12.6. The highest BCUT2D eigenvalue weighted by atomic mass is 35.5. The Morgan fingerprint density at radius 2 is 1.96 bits per heavy atom. The molecular formula is C17H24ClN3O2. The van der Waals surface area contributed by atoms with Crippen LogP contribution in [-0.4, -0.2) is 29.4 Å². The van der Waals surface area contributed by atoms with Gasteiger partial charge in [0.05, 0.1) is 6.04 Å². The fraction of sp³-hybridized carbons (Fsp3) is 0.529. The lowest BCUT2D eigenvalue weighted by atomic mass is 10.1. The number of nitrogens with zero attached hydrogens (tertiary/aromatic N) is 1. The highest BCUT2D eigenvalue weighted by Crippen LogP contribution is 2.35. The Labute approximate surface area is 142 Å². The van der Waals surface area contributed by atoms with E-state index in [9.17, 15) is 9.59 Å². The first-order valence-electron chi connectivity index (χ1n) is 8.09. The summed E-state index contributed by atoms with van der Waals surface area (Å²) < 4.78 is 0. The third kappa shape index (κ3) is 5.43. The summed E-state index contributed by atoms with van der Waals surface area (Å²) in [6.07, 6.45) is 4.15. The summed E-state index contributed by atoms with van der Waals surface area (Å²) in [7, 11) is 0. The van der Waals surface area contributed by atoms with Crippen LogP contribution in [-0.2, 0) is 4.79 Å². The average molecular weight is 338 g/mol. The molecule has 126 valence electrons. The Bertz CT molecular complexity index is 543. The van der Waals surface area contributed by atoms with Gasteiger partial charge in [0.25, 0.3) is 0 Å². The Balaban J connectivity index is 1.88. The molecular weight excluding hydrogens is 314 g/mol. The number of carbonyl (C=O) groups excluding carboxylic acids is 2. The number of halogens is 1. The molecule has 0 spiro atoms. The lowest BCUT2D eigenvalue weighted by Gasteiger charge is -2.30. The second kappa shape index (κ2) is 8.20. The van der Waals surface area contributed by atoms with Gasteiger partial charge in [-0.3, -0.25) is 4.79 Å². The number of benzene rings is 1. The smallest absolute Gasteiger partial charge is 0.312 e. The molecule has 1 unspecified atom stereocenters. The zero-order valence-electron chi connectivity index (χ0n) is 13.4. The summed E-state index contributed by atoms with van der Waals surface area (Å²) >= 11 is 5.93. The van der Waals surface area contributed by atoms with Gasteiger partial charge in [0, 0.05) is 24.0 Å². The third-order valence-corrected chi connectivity index (χ3v) is 4.37. The normalized spacial score (nSPS) is 15.0. The molecule has 1 aromatic carbocycles. The number of nitrogens with two attached hydrogens (primary N) is 1. The highest BCUT2D eigenvalue weighted by molar-refractivity contribution is 6.30. The topological polar surface area (TPSA) is 75.4 Å². The highest BCUT2D eigenvalue weighted by Gasteiger charge is 2.35. The van der Waals surface area contributed by atoms with Gasteiger partial charge >= 0.3 is 6.03 Å². The Morgan fingerprint density at radius 1 is 1.30 bits per heavy atom. The number of urea groups is 1. The molecule has 1 fully saturated rings. The Hall–Kier alpha value is -1.75. The first-order chi connectivity index (χ1) is 11.0. The minimum atomic E-state index is -0.521. The number of amides is 3. The summed E-state index contributed by atoms with van der Waals surface area (Å²) in [5.74, 6) is 0.175. The van der Waals surface area contributed by atoms with Gasteiger partial charge in [-0.05, 0) is 50.3 Å². The van der Waals surface area contributed by atoms with Gasteiger partial charge in [-0.2, -0.15) is 0 Å². The predicted octanol–water partition coefficient (Wildman–Crippen LogP) is 3.23. The monoisotopic (exact) mass is 337 g/mol. The van der Waals surface area contributed by atoms with E-state index in [1.807, 2.05) is 29.2 Å². The van der Waals surface area contributed by atoms with E-state index in [2.05, 4.69) is 12.2 Å². The molecule has 2 rings (SSSR count). The number of hydrogen-bond acceptors (Lipinski definition) is 2. The van der Waals surface area contributed by atoms with E-state index in [0.29, 0.717) is 24.0 Å². The lowest BCUT2D eigenvalue weighted by molar-refractivity contribution is -0.134. The molecule has 0 aromatic heterocycles. The molecule has 0 heterocycles. The zero-order chi connectivity index (χ0) is 16.8. The van der Waals surface area contributed by atoms with Crippen molar-refractivity contribution in [2.45, 2.75) is 51.1 Å². The minimum Gasteiger partial charge on any atom is -0.352 e. The van der Waals surface area contributed by atoms with Crippen molar-refractivity contribution >= 4 is 23.5 Å². The number of rotatable bonds is 8. The predicted molar refractivity (Wildman–Crippen MR) is 91.2 cm³/mol. The lowest BCUT2D eigenvalue weighted by Crippen LogP contribution is -2.35. The molecule has 0 aliphatic heterocycles. The maximum Gasteiger partial charge on any atom is 0.312 e. The van der Waals surface area contributed by atoms with Gasteiger partial charge < -0.3 is 16.0 Å². The van der Waals surface area contributed by atoms with Crippen LogP contribution in [0.5, 0.6) is 0 Å². The van der Waals surface area contributed by atoms with Gasteiger partial charge in [0.1, 0.15) is 0 Å². The number of unbranched alkanes of at least 4 members (excludes halogenated alkanes) is 1. The van der Waals surface area contributed by atoms with Crippen LogP contribution >= 0.6 is 11.6 Å². The molecule has 3 amide bonds. The largest absolute Gasteiger partial charge is 0.352 e.